The molecule has 0 bridgehead atoms. The van der Waals surface area contributed by atoms with Gasteiger partial charge in [-0.2, -0.15) is 0 Å². The number of carbonyl (C=O) groups is 1. The van der Waals surface area contributed by atoms with E-state index >= 15 is 0 Å². The molecule has 1 saturated heterocycles. The minimum atomic E-state index is -0.359. The van der Waals surface area contributed by atoms with Crippen LogP contribution in [0.25, 0.3) is 11.1 Å². The van der Waals surface area contributed by atoms with Crippen LogP contribution >= 0.6 is 0 Å². The van der Waals surface area contributed by atoms with E-state index in [-0.39, 0.29) is 17.3 Å². The van der Waals surface area contributed by atoms with Crippen molar-refractivity contribution >= 4 is 11.7 Å². The van der Waals surface area contributed by atoms with Gasteiger partial charge < -0.3 is 14.8 Å². The van der Waals surface area contributed by atoms with Crippen molar-refractivity contribution in [2.75, 3.05) is 31.1 Å². The number of carbonyl (C=O) groups excluding carboxylic acids is 1. The van der Waals surface area contributed by atoms with Gasteiger partial charge in [0.25, 0.3) is 11.5 Å². The van der Waals surface area contributed by atoms with Crippen LogP contribution in [-0.2, 0) is 0 Å². The highest BCUT2D eigenvalue weighted by molar-refractivity contribution is 6.01. The average Bonchev–Trinajstić information content (AvgIpc) is 2.74. The van der Waals surface area contributed by atoms with Crippen molar-refractivity contribution in [3.8, 4) is 11.1 Å². The van der Waals surface area contributed by atoms with E-state index in [2.05, 4.69) is 9.97 Å². The molecule has 4 rings (SSSR count). The number of aromatic nitrogens is 2. The fraction of sp³-hybridized carbons (Fsp3) is 0.190. The van der Waals surface area contributed by atoms with E-state index in [0.717, 1.165) is 0 Å². The third-order valence-corrected chi connectivity index (χ3v) is 4.88. The quantitative estimate of drug-likeness (QED) is 0.761. The van der Waals surface area contributed by atoms with Gasteiger partial charge in [0.1, 0.15) is 5.82 Å². The van der Waals surface area contributed by atoms with Crippen LogP contribution in [0.15, 0.2) is 65.7 Å². The minimum Gasteiger partial charge on any atom is -0.348 e. The van der Waals surface area contributed by atoms with Crippen molar-refractivity contribution in [1.29, 1.82) is 0 Å². The van der Waals surface area contributed by atoms with E-state index < -0.39 is 0 Å². The Morgan fingerprint density at radius 3 is 2.36 bits per heavy atom. The van der Waals surface area contributed by atoms with Crippen molar-refractivity contribution in [3.05, 3.63) is 82.7 Å². The number of hydrogen-bond donors (Lipinski definition) is 1. The number of piperazine rings is 1. The molecule has 0 atom stereocenters. The summed E-state index contributed by atoms with van der Waals surface area (Å²) in [6, 6.07) is 13.5. The maximum Gasteiger partial charge on any atom is 0.290 e. The zero-order valence-electron chi connectivity index (χ0n) is 15.1. The van der Waals surface area contributed by atoms with Crippen LogP contribution < -0.4 is 10.5 Å². The maximum atomic E-state index is 14.3. The Morgan fingerprint density at radius 1 is 0.964 bits per heavy atom. The van der Waals surface area contributed by atoms with Gasteiger partial charge in [0.2, 0.25) is 0 Å². The molecule has 3 aromatic rings. The second-order valence-electron chi connectivity index (χ2n) is 6.55. The van der Waals surface area contributed by atoms with E-state index in [1.54, 1.807) is 53.6 Å². The van der Waals surface area contributed by atoms with Gasteiger partial charge in [0, 0.05) is 49.7 Å². The molecule has 0 aliphatic carbocycles. The summed E-state index contributed by atoms with van der Waals surface area (Å²) in [5.74, 6) is -0.142. The van der Waals surface area contributed by atoms with Gasteiger partial charge >= 0.3 is 0 Å². The summed E-state index contributed by atoms with van der Waals surface area (Å²) in [4.78, 5) is 35.4. The van der Waals surface area contributed by atoms with Crippen LogP contribution in [0, 0.1) is 5.82 Å². The Hall–Kier alpha value is -3.48. The summed E-state index contributed by atoms with van der Waals surface area (Å²) < 4.78 is 14.3. The molecule has 1 N–H and O–H groups in total. The molecular weight excluding hydrogens is 359 g/mol. The fourth-order valence-electron chi connectivity index (χ4n) is 3.45. The number of halogens is 1. The van der Waals surface area contributed by atoms with Crippen LogP contribution in [0.4, 0.5) is 10.2 Å². The first-order valence-electron chi connectivity index (χ1n) is 9.07. The van der Waals surface area contributed by atoms with Crippen molar-refractivity contribution in [2.45, 2.75) is 0 Å². The second-order valence-corrected chi connectivity index (χ2v) is 6.55. The van der Waals surface area contributed by atoms with Crippen molar-refractivity contribution in [2.24, 2.45) is 0 Å². The maximum absolute atomic E-state index is 14.3. The number of H-pyrrole nitrogens is 1. The lowest BCUT2D eigenvalue weighted by Crippen LogP contribution is -2.50. The fourth-order valence-corrected chi connectivity index (χ4v) is 3.45. The summed E-state index contributed by atoms with van der Waals surface area (Å²) in [6.45, 7) is 1.93. The van der Waals surface area contributed by atoms with Crippen LogP contribution in [0.2, 0.25) is 0 Å². The summed E-state index contributed by atoms with van der Waals surface area (Å²) >= 11 is 0. The number of benzene rings is 2. The number of nitrogens with zero attached hydrogens (tertiary/aromatic N) is 3. The topological polar surface area (TPSA) is 69.3 Å². The molecule has 1 aliphatic rings. The standard InChI is InChI=1S/C21H19FN4O2/c22-18-8-4-3-6-16(18)15-5-1-2-7-17(15)21(28)26-13-11-25(12-14-26)19-20(27)24-10-9-23-19/h1-10H,11-14H2,(H,24,27). The number of hydrogen-bond acceptors (Lipinski definition) is 4. The first kappa shape index (κ1) is 17.9. The predicted molar refractivity (Wildman–Crippen MR) is 105 cm³/mol. The molecule has 0 radical (unpaired) electrons. The molecule has 7 heteroatoms. The van der Waals surface area contributed by atoms with Gasteiger partial charge in [-0.15, -0.1) is 0 Å². The number of aromatic amines is 1. The van der Waals surface area contributed by atoms with E-state index in [1.807, 2.05) is 4.90 Å². The number of amides is 1. The Bertz CT molecular complexity index is 1060. The molecule has 0 unspecified atom stereocenters. The smallest absolute Gasteiger partial charge is 0.290 e. The minimum absolute atomic E-state index is 0.145. The van der Waals surface area contributed by atoms with Gasteiger partial charge in [-0.25, -0.2) is 9.37 Å². The number of nitrogens with one attached hydrogen (secondary N) is 1. The lowest BCUT2D eigenvalue weighted by Gasteiger charge is -2.35. The molecular formula is C21H19FN4O2. The van der Waals surface area contributed by atoms with Crippen LogP contribution in [0.1, 0.15) is 10.4 Å². The van der Waals surface area contributed by atoms with Crippen molar-refractivity contribution in [3.63, 3.8) is 0 Å². The van der Waals surface area contributed by atoms with E-state index in [0.29, 0.717) is 48.7 Å². The number of anilines is 1. The SMILES string of the molecule is O=C(c1ccccc1-c1ccccc1F)N1CCN(c2ncc[nH]c2=O)CC1. The van der Waals surface area contributed by atoms with Crippen molar-refractivity contribution < 1.29 is 9.18 Å². The molecule has 1 fully saturated rings. The molecule has 1 aromatic heterocycles. The molecule has 0 saturated carbocycles. The number of rotatable bonds is 3. The first-order chi connectivity index (χ1) is 13.6. The molecule has 2 heterocycles. The zero-order chi connectivity index (χ0) is 19.5. The van der Waals surface area contributed by atoms with Gasteiger partial charge in [-0.3, -0.25) is 9.59 Å². The third kappa shape index (κ3) is 3.38. The highest BCUT2D eigenvalue weighted by Gasteiger charge is 2.26. The van der Waals surface area contributed by atoms with Gasteiger partial charge in [-0.1, -0.05) is 36.4 Å². The van der Waals surface area contributed by atoms with Crippen LogP contribution in [0.3, 0.4) is 0 Å². The molecule has 6 nitrogen and oxygen atoms in total. The molecule has 142 valence electrons. The monoisotopic (exact) mass is 378 g/mol. The summed E-state index contributed by atoms with van der Waals surface area (Å²) in [5.41, 5.74) is 1.21. The van der Waals surface area contributed by atoms with Gasteiger partial charge in [0.05, 0.1) is 0 Å². The molecule has 1 amide bonds. The Labute approximate surface area is 161 Å². The van der Waals surface area contributed by atoms with E-state index in [4.69, 9.17) is 0 Å². The highest BCUT2D eigenvalue weighted by Crippen LogP contribution is 2.27. The lowest BCUT2D eigenvalue weighted by atomic mass is 9.98. The van der Waals surface area contributed by atoms with Crippen molar-refractivity contribution in [1.82, 2.24) is 14.9 Å². The molecule has 1 aliphatic heterocycles. The van der Waals surface area contributed by atoms with Gasteiger partial charge in [0.15, 0.2) is 5.82 Å². The van der Waals surface area contributed by atoms with Crippen LogP contribution in [-0.4, -0.2) is 47.0 Å². The Balaban J connectivity index is 1.55. The first-order valence-corrected chi connectivity index (χ1v) is 9.07. The molecule has 2 aromatic carbocycles. The molecule has 0 spiro atoms. The largest absolute Gasteiger partial charge is 0.348 e. The van der Waals surface area contributed by atoms with Gasteiger partial charge in [-0.05, 0) is 17.7 Å². The summed E-state index contributed by atoms with van der Waals surface area (Å²) in [7, 11) is 0. The third-order valence-electron chi connectivity index (χ3n) is 4.88. The van der Waals surface area contributed by atoms with E-state index in [9.17, 15) is 14.0 Å². The predicted octanol–water partition coefficient (Wildman–Crippen LogP) is 2.54. The normalized spacial score (nSPS) is 14.2. The average molecular weight is 378 g/mol. The highest BCUT2D eigenvalue weighted by atomic mass is 19.1. The van der Waals surface area contributed by atoms with Crippen LogP contribution in [0.5, 0.6) is 0 Å². The Morgan fingerprint density at radius 2 is 1.64 bits per heavy atom. The lowest BCUT2D eigenvalue weighted by molar-refractivity contribution is 0.0747. The summed E-state index contributed by atoms with van der Waals surface area (Å²) in [5, 5.41) is 0. The molecule has 28 heavy (non-hydrogen) atoms. The second kappa shape index (κ2) is 7.64. The van der Waals surface area contributed by atoms with E-state index in [1.165, 1.54) is 12.3 Å². The Kier molecular flexibility index (Phi) is 4.89. The zero-order valence-corrected chi connectivity index (χ0v) is 15.1. The summed E-state index contributed by atoms with van der Waals surface area (Å²) in [6.07, 6.45) is 3.03.